The zero-order valence-electron chi connectivity index (χ0n) is 9.93. The molecule has 1 aromatic rings. The van der Waals surface area contributed by atoms with Gasteiger partial charge in [-0.2, -0.15) is 0 Å². The molecule has 0 fully saturated rings. The number of nitrogen functional groups attached to an aromatic ring is 1. The Bertz CT molecular complexity index is 508. The minimum Gasteiger partial charge on any atom is -0.466 e. The second-order valence-corrected chi connectivity index (χ2v) is 3.48. The zero-order valence-corrected chi connectivity index (χ0v) is 9.93. The van der Waals surface area contributed by atoms with Crippen LogP contribution in [0.1, 0.15) is 24.6 Å². The van der Waals surface area contributed by atoms with Crippen molar-refractivity contribution in [3.63, 3.8) is 0 Å². The highest BCUT2D eigenvalue weighted by molar-refractivity contribution is 5.73. The van der Waals surface area contributed by atoms with E-state index in [1.165, 1.54) is 0 Å². The number of nitrogens with zero attached hydrogens (tertiary/aromatic N) is 2. The van der Waals surface area contributed by atoms with Crippen LogP contribution in [-0.2, 0) is 16.0 Å². The fourth-order valence-electron chi connectivity index (χ4n) is 1.40. The summed E-state index contributed by atoms with van der Waals surface area (Å²) >= 11 is 0. The summed E-state index contributed by atoms with van der Waals surface area (Å²) < 4.78 is 30.1. The summed E-state index contributed by atoms with van der Waals surface area (Å²) in [5.74, 6) is -1.56. The quantitative estimate of drug-likeness (QED) is 0.497. The molecule has 0 aliphatic rings. The Hall–Kier alpha value is -2.32. The standard InChI is InChI=1S/C10H11F2N3O4/c1-2-19-8(16)4-7-5(9(11)12)3-6(13)10(14-7)15(17)18/h3,9H,2,4,13H2,1H3. The van der Waals surface area contributed by atoms with Crippen LogP contribution in [0.25, 0.3) is 0 Å². The molecule has 104 valence electrons. The molecule has 9 heteroatoms. The van der Waals surface area contributed by atoms with Crippen molar-refractivity contribution in [3.05, 3.63) is 27.4 Å². The van der Waals surface area contributed by atoms with Crippen molar-refractivity contribution in [2.45, 2.75) is 19.8 Å². The number of hydrogen-bond acceptors (Lipinski definition) is 6. The molecule has 1 aromatic heterocycles. The third-order valence-electron chi connectivity index (χ3n) is 2.17. The summed E-state index contributed by atoms with van der Waals surface area (Å²) in [5.41, 5.74) is 3.76. The van der Waals surface area contributed by atoms with Crippen molar-refractivity contribution < 1.29 is 23.2 Å². The number of carbonyl (C=O) groups excluding carboxylic acids is 1. The molecule has 0 unspecified atom stereocenters. The lowest BCUT2D eigenvalue weighted by atomic mass is 10.1. The Balaban J connectivity index is 3.21. The van der Waals surface area contributed by atoms with Crippen molar-refractivity contribution in [3.8, 4) is 0 Å². The molecule has 0 aliphatic carbocycles. The van der Waals surface area contributed by atoms with Crippen LogP contribution in [0.5, 0.6) is 0 Å². The minimum atomic E-state index is -2.94. The molecule has 0 amide bonds. The van der Waals surface area contributed by atoms with Gasteiger partial charge in [-0.05, 0) is 22.9 Å². The molecule has 0 radical (unpaired) electrons. The first-order valence-electron chi connectivity index (χ1n) is 5.24. The lowest BCUT2D eigenvalue weighted by Crippen LogP contribution is -2.13. The van der Waals surface area contributed by atoms with E-state index >= 15 is 0 Å². The molecule has 0 saturated carbocycles. The number of alkyl halides is 2. The van der Waals surface area contributed by atoms with Gasteiger partial charge in [-0.25, -0.2) is 8.78 Å². The van der Waals surface area contributed by atoms with Crippen molar-refractivity contribution in [1.29, 1.82) is 0 Å². The molecular weight excluding hydrogens is 264 g/mol. The van der Waals surface area contributed by atoms with E-state index in [1.807, 2.05) is 0 Å². The van der Waals surface area contributed by atoms with Crippen LogP contribution in [0.15, 0.2) is 6.07 Å². The first-order chi connectivity index (χ1) is 8.86. The number of rotatable bonds is 5. The van der Waals surface area contributed by atoms with Gasteiger partial charge < -0.3 is 20.6 Å². The Morgan fingerprint density at radius 1 is 1.63 bits per heavy atom. The van der Waals surface area contributed by atoms with Gasteiger partial charge in [-0.3, -0.25) is 4.79 Å². The molecule has 0 aliphatic heterocycles. The number of hydrogen-bond donors (Lipinski definition) is 1. The first kappa shape index (κ1) is 14.7. The molecule has 19 heavy (non-hydrogen) atoms. The van der Waals surface area contributed by atoms with Crippen LogP contribution in [0.4, 0.5) is 20.3 Å². The molecule has 1 heterocycles. The average molecular weight is 275 g/mol. The molecule has 2 N–H and O–H groups in total. The molecule has 0 atom stereocenters. The molecular formula is C10H11F2N3O4. The molecule has 1 rings (SSSR count). The smallest absolute Gasteiger partial charge is 0.387 e. The van der Waals surface area contributed by atoms with Crippen LogP contribution >= 0.6 is 0 Å². The molecule has 7 nitrogen and oxygen atoms in total. The summed E-state index contributed by atoms with van der Waals surface area (Å²) in [6, 6.07) is 0.754. The SMILES string of the molecule is CCOC(=O)Cc1nc([N+](=O)[O-])c(N)cc1C(F)F. The van der Waals surface area contributed by atoms with Gasteiger partial charge in [0.2, 0.25) is 0 Å². The summed E-state index contributed by atoms with van der Waals surface area (Å²) in [6.45, 7) is 1.62. The molecule has 0 bridgehead atoms. The van der Waals surface area contributed by atoms with E-state index in [0.717, 1.165) is 6.07 Å². The number of pyridine rings is 1. The van der Waals surface area contributed by atoms with Crippen LogP contribution < -0.4 is 5.73 Å². The maximum absolute atomic E-state index is 12.8. The Kier molecular flexibility index (Phi) is 4.67. The number of anilines is 1. The van der Waals surface area contributed by atoms with Gasteiger partial charge in [0, 0.05) is 0 Å². The van der Waals surface area contributed by atoms with Crippen molar-refractivity contribution >= 4 is 17.5 Å². The maximum Gasteiger partial charge on any atom is 0.387 e. The summed E-state index contributed by atoms with van der Waals surface area (Å²) in [7, 11) is 0. The highest BCUT2D eigenvalue weighted by Crippen LogP contribution is 2.29. The Labute approximate surface area is 106 Å². The number of nitrogens with two attached hydrogens (primary N) is 1. The van der Waals surface area contributed by atoms with Gasteiger partial charge in [0.15, 0.2) is 5.69 Å². The summed E-state index contributed by atoms with van der Waals surface area (Å²) in [4.78, 5) is 24.4. The number of aromatic nitrogens is 1. The monoisotopic (exact) mass is 275 g/mol. The zero-order chi connectivity index (χ0) is 14.6. The van der Waals surface area contributed by atoms with Gasteiger partial charge in [0.05, 0.1) is 12.2 Å². The Morgan fingerprint density at radius 2 is 2.26 bits per heavy atom. The Morgan fingerprint density at radius 3 is 2.74 bits per heavy atom. The predicted octanol–water partition coefficient (Wildman–Crippen LogP) is 1.62. The predicted molar refractivity (Wildman–Crippen MR) is 60.6 cm³/mol. The number of nitro groups is 1. The second kappa shape index (κ2) is 6.03. The van der Waals surface area contributed by atoms with Gasteiger partial charge in [0.25, 0.3) is 6.43 Å². The first-order valence-corrected chi connectivity index (χ1v) is 5.24. The van der Waals surface area contributed by atoms with E-state index in [4.69, 9.17) is 5.73 Å². The van der Waals surface area contributed by atoms with E-state index in [9.17, 15) is 23.7 Å². The third-order valence-corrected chi connectivity index (χ3v) is 2.17. The fraction of sp³-hybridized carbons (Fsp3) is 0.400. The van der Waals surface area contributed by atoms with Gasteiger partial charge in [-0.1, -0.05) is 0 Å². The molecule has 0 spiro atoms. The average Bonchev–Trinajstić information content (AvgIpc) is 2.30. The van der Waals surface area contributed by atoms with E-state index in [1.54, 1.807) is 6.92 Å². The van der Waals surface area contributed by atoms with E-state index in [2.05, 4.69) is 9.72 Å². The van der Waals surface area contributed by atoms with Crippen LogP contribution in [0.2, 0.25) is 0 Å². The van der Waals surface area contributed by atoms with Gasteiger partial charge >= 0.3 is 11.8 Å². The minimum absolute atomic E-state index is 0.0694. The second-order valence-electron chi connectivity index (χ2n) is 3.48. The number of esters is 1. The number of halogens is 2. The number of carbonyl (C=O) groups is 1. The van der Waals surface area contributed by atoms with Crippen LogP contribution in [0.3, 0.4) is 0 Å². The topological polar surface area (TPSA) is 108 Å². The maximum atomic E-state index is 12.8. The lowest BCUT2D eigenvalue weighted by Gasteiger charge is -2.06. The fourth-order valence-corrected chi connectivity index (χ4v) is 1.40. The van der Waals surface area contributed by atoms with Crippen molar-refractivity contribution in [1.82, 2.24) is 4.98 Å². The van der Waals surface area contributed by atoms with E-state index in [0.29, 0.717) is 0 Å². The lowest BCUT2D eigenvalue weighted by molar-refractivity contribution is -0.388. The summed E-state index contributed by atoms with van der Waals surface area (Å²) in [6.07, 6.45) is -3.52. The summed E-state index contributed by atoms with van der Waals surface area (Å²) in [5, 5.41) is 10.6. The van der Waals surface area contributed by atoms with E-state index < -0.39 is 46.5 Å². The molecule has 0 saturated heterocycles. The van der Waals surface area contributed by atoms with Crippen LogP contribution in [0, 0.1) is 10.1 Å². The van der Waals surface area contributed by atoms with Crippen LogP contribution in [-0.4, -0.2) is 22.5 Å². The van der Waals surface area contributed by atoms with Crippen molar-refractivity contribution in [2.75, 3.05) is 12.3 Å². The van der Waals surface area contributed by atoms with Gasteiger partial charge in [0.1, 0.15) is 12.1 Å². The normalized spacial score (nSPS) is 10.5. The largest absolute Gasteiger partial charge is 0.466 e. The molecule has 0 aromatic carbocycles. The number of ether oxygens (including phenoxy) is 1. The highest BCUT2D eigenvalue weighted by atomic mass is 19.3. The van der Waals surface area contributed by atoms with Crippen molar-refractivity contribution in [2.24, 2.45) is 0 Å². The van der Waals surface area contributed by atoms with E-state index in [-0.39, 0.29) is 6.61 Å². The van der Waals surface area contributed by atoms with Gasteiger partial charge in [-0.15, -0.1) is 0 Å². The highest BCUT2D eigenvalue weighted by Gasteiger charge is 2.26. The third kappa shape index (κ3) is 3.57.